The number of carboxylic acids is 1. The number of allylic oxidation sites excluding steroid dienone is 10. The third kappa shape index (κ3) is 24.3. The Morgan fingerprint density at radius 3 is 1.85 bits per heavy atom. The summed E-state index contributed by atoms with van der Waals surface area (Å²) in [6.45, 7) is 2.18. The molecule has 0 bridgehead atoms. The number of carbonyl (C=O) groups excluding carboxylic acids is 2. The molecular formula is C32H53NO6. The van der Waals surface area contributed by atoms with E-state index in [-0.39, 0.29) is 36.7 Å². The van der Waals surface area contributed by atoms with E-state index in [1.807, 2.05) is 0 Å². The van der Waals surface area contributed by atoms with Crippen molar-refractivity contribution in [2.45, 2.75) is 89.7 Å². The number of nitrogens with zero attached hydrogens (tertiary/aromatic N) is 1. The number of rotatable bonds is 24. The maximum Gasteiger partial charge on any atom is 0.305 e. The van der Waals surface area contributed by atoms with E-state index in [2.05, 4.69) is 67.7 Å². The van der Waals surface area contributed by atoms with Gasteiger partial charge in [-0.05, 0) is 51.4 Å². The molecule has 0 aliphatic carbocycles. The smallest absolute Gasteiger partial charge is 0.305 e. The van der Waals surface area contributed by atoms with Crippen LogP contribution in [0, 0.1) is 0 Å². The molecule has 39 heavy (non-hydrogen) atoms. The molecule has 0 saturated carbocycles. The van der Waals surface area contributed by atoms with Gasteiger partial charge in [-0.1, -0.05) is 74.1 Å². The number of carbonyl (C=O) groups is 2. The van der Waals surface area contributed by atoms with Crippen molar-refractivity contribution in [3.05, 3.63) is 60.8 Å². The number of aliphatic hydroxyl groups is 1. The predicted molar refractivity (Wildman–Crippen MR) is 157 cm³/mol. The fraction of sp³-hybridized carbons (Fsp3) is 0.625. The van der Waals surface area contributed by atoms with E-state index in [0.29, 0.717) is 6.42 Å². The van der Waals surface area contributed by atoms with E-state index in [1.165, 1.54) is 0 Å². The Labute approximate surface area is 237 Å². The molecular weight excluding hydrogens is 494 g/mol. The number of aliphatic hydroxyl groups excluding tert-OH is 1. The number of aliphatic carboxylic acids is 1. The molecule has 1 N–H and O–H groups in total. The molecule has 222 valence electrons. The van der Waals surface area contributed by atoms with Gasteiger partial charge in [0.25, 0.3) is 0 Å². The number of hydrogen-bond donors (Lipinski definition) is 1. The van der Waals surface area contributed by atoms with Crippen molar-refractivity contribution in [3.63, 3.8) is 0 Å². The number of hydrogen-bond acceptors (Lipinski definition) is 6. The average Bonchev–Trinajstić information content (AvgIpc) is 2.87. The van der Waals surface area contributed by atoms with Crippen molar-refractivity contribution in [2.75, 3.05) is 41.0 Å². The van der Waals surface area contributed by atoms with E-state index in [0.717, 1.165) is 57.8 Å². The Morgan fingerprint density at radius 1 is 0.795 bits per heavy atom. The first kappa shape index (κ1) is 36.5. The first-order chi connectivity index (χ1) is 18.7. The molecule has 0 aromatic heterocycles. The Bertz CT molecular complexity index is 776. The summed E-state index contributed by atoms with van der Waals surface area (Å²) in [4.78, 5) is 23.1. The molecule has 0 aliphatic heterocycles. The largest absolute Gasteiger partial charge is 0.544 e. The van der Waals surface area contributed by atoms with Crippen molar-refractivity contribution in [2.24, 2.45) is 0 Å². The molecule has 0 fully saturated rings. The lowest BCUT2D eigenvalue weighted by atomic mass is 10.1. The van der Waals surface area contributed by atoms with Crippen LogP contribution in [0.15, 0.2) is 60.8 Å². The van der Waals surface area contributed by atoms with Gasteiger partial charge in [-0.3, -0.25) is 4.79 Å². The number of carboxylic acid groups (broad SMARTS) is 1. The van der Waals surface area contributed by atoms with Gasteiger partial charge in [-0.25, -0.2) is 0 Å². The predicted octanol–water partition coefficient (Wildman–Crippen LogP) is 4.82. The second-order valence-electron chi connectivity index (χ2n) is 10.5. The van der Waals surface area contributed by atoms with E-state index in [4.69, 9.17) is 9.47 Å². The zero-order valence-electron chi connectivity index (χ0n) is 24.8. The van der Waals surface area contributed by atoms with E-state index >= 15 is 0 Å². The number of esters is 1. The molecule has 2 unspecified atom stereocenters. The Balaban J connectivity index is 3.68. The van der Waals surface area contributed by atoms with Gasteiger partial charge in [0, 0.05) is 12.8 Å². The summed E-state index contributed by atoms with van der Waals surface area (Å²) in [7, 11) is 5.33. The van der Waals surface area contributed by atoms with Crippen molar-refractivity contribution < 1.29 is 33.8 Å². The van der Waals surface area contributed by atoms with Gasteiger partial charge in [-0.15, -0.1) is 0 Å². The summed E-state index contributed by atoms with van der Waals surface area (Å²) in [6, 6.07) is -0.694. The molecule has 7 heteroatoms. The molecule has 7 nitrogen and oxygen atoms in total. The third-order valence-corrected chi connectivity index (χ3v) is 5.90. The van der Waals surface area contributed by atoms with Crippen LogP contribution in [0.4, 0.5) is 0 Å². The molecule has 0 aromatic rings. The maximum atomic E-state index is 11.9. The molecule has 2 atom stereocenters. The van der Waals surface area contributed by atoms with E-state index in [1.54, 1.807) is 21.1 Å². The topological polar surface area (TPSA) is 95.9 Å². The van der Waals surface area contributed by atoms with Crippen LogP contribution in [0.5, 0.6) is 0 Å². The molecule has 0 aliphatic rings. The van der Waals surface area contributed by atoms with Crippen LogP contribution in [0.2, 0.25) is 0 Å². The second-order valence-corrected chi connectivity index (χ2v) is 10.5. The zero-order valence-corrected chi connectivity index (χ0v) is 24.8. The summed E-state index contributed by atoms with van der Waals surface area (Å²) in [5, 5.41) is 21.1. The summed E-state index contributed by atoms with van der Waals surface area (Å²) in [5.74, 6) is -1.45. The lowest BCUT2D eigenvalue weighted by molar-refractivity contribution is -0.889. The van der Waals surface area contributed by atoms with Gasteiger partial charge in [-0.2, -0.15) is 0 Å². The summed E-state index contributed by atoms with van der Waals surface area (Å²) < 4.78 is 10.7. The SMILES string of the molecule is CC/C=C\C/C=C\C/C=C\C/C=C\C/C=C\CCCCCC(=O)OCC(O)COCCC(C(=O)[O-])[N+](C)(C)C. The highest BCUT2D eigenvalue weighted by atomic mass is 16.5. The first-order valence-electron chi connectivity index (χ1n) is 14.4. The highest BCUT2D eigenvalue weighted by Crippen LogP contribution is 2.08. The normalized spacial score (nSPS) is 14.4. The number of unbranched alkanes of at least 4 members (excludes halogenated alkanes) is 3. The van der Waals surface area contributed by atoms with Crippen LogP contribution in [0.1, 0.15) is 77.6 Å². The van der Waals surface area contributed by atoms with Gasteiger partial charge >= 0.3 is 5.97 Å². The molecule has 0 heterocycles. The van der Waals surface area contributed by atoms with Crippen LogP contribution in [0.25, 0.3) is 0 Å². The third-order valence-electron chi connectivity index (χ3n) is 5.90. The van der Waals surface area contributed by atoms with Gasteiger partial charge in [0.1, 0.15) is 18.8 Å². The quantitative estimate of drug-likeness (QED) is 0.0805. The molecule has 0 spiro atoms. The molecule has 0 aromatic carbocycles. The lowest BCUT2D eigenvalue weighted by Crippen LogP contribution is -2.55. The van der Waals surface area contributed by atoms with Crippen LogP contribution >= 0.6 is 0 Å². The highest BCUT2D eigenvalue weighted by Gasteiger charge is 2.24. The maximum absolute atomic E-state index is 11.9. The summed E-state index contributed by atoms with van der Waals surface area (Å²) in [6.07, 6.45) is 30.2. The highest BCUT2D eigenvalue weighted by molar-refractivity contribution is 5.69. The van der Waals surface area contributed by atoms with Crippen molar-refractivity contribution in [3.8, 4) is 0 Å². The first-order valence-corrected chi connectivity index (χ1v) is 14.4. The zero-order chi connectivity index (χ0) is 29.2. The van der Waals surface area contributed by atoms with Crippen LogP contribution < -0.4 is 5.11 Å². The Kier molecular flexibility index (Phi) is 23.0. The van der Waals surface area contributed by atoms with Crippen LogP contribution in [-0.2, 0) is 19.1 Å². The number of ether oxygens (including phenoxy) is 2. The number of quaternary nitrogens is 1. The average molecular weight is 548 g/mol. The summed E-state index contributed by atoms with van der Waals surface area (Å²) >= 11 is 0. The van der Waals surface area contributed by atoms with Gasteiger partial charge < -0.3 is 29.0 Å². The molecule has 0 radical (unpaired) electrons. The van der Waals surface area contributed by atoms with Crippen LogP contribution in [-0.4, -0.2) is 74.6 Å². The summed E-state index contributed by atoms with van der Waals surface area (Å²) in [5.41, 5.74) is 0. The number of likely N-dealkylation sites (N-methyl/N-ethyl adjacent to an activating group) is 1. The van der Waals surface area contributed by atoms with E-state index in [9.17, 15) is 19.8 Å². The minimum Gasteiger partial charge on any atom is -0.544 e. The Hall–Kier alpha value is -2.48. The minimum atomic E-state index is -1.13. The monoisotopic (exact) mass is 547 g/mol. The Morgan fingerprint density at radius 2 is 1.33 bits per heavy atom. The van der Waals surface area contributed by atoms with Gasteiger partial charge in [0.05, 0.1) is 40.3 Å². The van der Waals surface area contributed by atoms with E-state index < -0.39 is 18.1 Å². The van der Waals surface area contributed by atoms with Crippen LogP contribution in [0.3, 0.4) is 0 Å². The fourth-order valence-electron chi connectivity index (χ4n) is 3.62. The van der Waals surface area contributed by atoms with Gasteiger partial charge in [0.2, 0.25) is 0 Å². The lowest BCUT2D eigenvalue weighted by Gasteiger charge is -2.34. The van der Waals surface area contributed by atoms with Crippen molar-refractivity contribution in [1.29, 1.82) is 0 Å². The van der Waals surface area contributed by atoms with Crippen molar-refractivity contribution in [1.82, 2.24) is 0 Å². The fourth-order valence-corrected chi connectivity index (χ4v) is 3.62. The second kappa shape index (κ2) is 24.6. The minimum absolute atomic E-state index is 0.0164. The standard InChI is InChI=1S/C32H53NO6/c1-5-6-7-8-9-10-11-12-13-14-15-16-17-18-19-20-21-22-23-24-31(35)39-28-29(34)27-38-26-25-30(32(36)37)33(2,3)4/h6-7,9-10,12-13,15-16,18-19,29-30,34H,5,8,11,14,17,20-28H2,1-4H3/b7-6-,10-9-,13-12-,16-15-,19-18-. The molecule has 0 rings (SSSR count). The molecule has 0 saturated heterocycles. The van der Waals surface area contributed by atoms with Gasteiger partial charge in [0.15, 0.2) is 0 Å². The van der Waals surface area contributed by atoms with Crippen molar-refractivity contribution >= 4 is 11.9 Å². The molecule has 0 amide bonds.